The molecule has 0 radical (unpaired) electrons. The summed E-state index contributed by atoms with van der Waals surface area (Å²) >= 11 is 6.14. The van der Waals surface area contributed by atoms with Crippen LogP contribution in [0.4, 0.5) is 0 Å². The minimum absolute atomic E-state index is 0.185. The molecule has 0 saturated carbocycles. The Morgan fingerprint density at radius 1 is 1.30 bits per heavy atom. The average Bonchev–Trinajstić information content (AvgIpc) is 2.46. The van der Waals surface area contributed by atoms with Gasteiger partial charge in [-0.25, -0.2) is 4.79 Å². The van der Waals surface area contributed by atoms with Gasteiger partial charge in [0, 0.05) is 29.8 Å². The topological polar surface area (TPSA) is 34.9 Å². The molecule has 2 rings (SSSR count). The standard InChI is InChI=1S/C18H23ClN2OSi/c1-5-11-21-17-10-9-14(19)13-15(17)16(20-18(21)22)8-6-7-12-23(2,3)4/h9-10,13H,5-6,8,11H2,1-4H3. The van der Waals surface area contributed by atoms with Crippen molar-refractivity contribution >= 4 is 30.6 Å². The van der Waals surface area contributed by atoms with Crippen molar-refractivity contribution in [1.29, 1.82) is 0 Å². The number of nitrogens with zero attached hydrogens (tertiary/aromatic N) is 2. The summed E-state index contributed by atoms with van der Waals surface area (Å²) in [5.74, 6) is 3.24. The third kappa shape index (κ3) is 4.70. The van der Waals surface area contributed by atoms with Crippen molar-refractivity contribution in [1.82, 2.24) is 9.55 Å². The molecule has 122 valence electrons. The molecule has 1 heterocycles. The molecule has 2 aromatic rings. The highest BCUT2D eigenvalue weighted by molar-refractivity contribution is 6.83. The number of fused-ring (bicyclic) bond motifs is 1. The van der Waals surface area contributed by atoms with E-state index in [4.69, 9.17) is 11.6 Å². The Bertz CT molecular complexity index is 825. The number of rotatable bonds is 4. The van der Waals surface area contributed by atoms with Crippen LogP contribution >= 0.6 is 11.6 Å². The zero-order valence-electron chi connectivity index (χ0n) is 14.2. The van der Waals surface area contributed by atoms with Gasteiger partial charge in [0.2, 0.25) is 0 Å². The molecule has 1 aromatic heterocycles. The number of hydrogen-bond donors (Lipinski definition) is 0. The van der Waals surface area contributed by atoms with Crippen LogP contribution in [0.15, 0.2) is 23.0 Å². The normalized spacial score (nSPS) is 11.3. The largest absolute Gasteiger partial charge is 0.348 e. The highest BCUT2D eigenvalue weighted by atomic mass is 35.5. The summed E-state index contributed by atoms with van der Waals surface area (Å²) in [7, 11) is -1.36. The van der Waals surface area contributed by atoms with Crippen LogP contribution < -0.4 is 5.69 Å². The summed E-state index contributed by atoms with van der Waals surface area (Å²) in [6, 6.07) is 5.63. The van der Waals surface area contributed by atoms with Gasteiger partial charge in [0.25, 0.3) is 0 Å². The second-order valence-electron chi connectivity index (χ2n) is 6.71. The van der Waals surface area contributed by atoms with Gasteiger partial charge in [-0.1, -0.05) is 38.2 Å². The second kappa shape index (κ2) is 7.33. The summed E-state index contributed by atoms with van der Waals surface area (Å²) in [5, 5.41) is 1.62. The van der Waals surface area contributed by atoms with Crippen LogP contribution in [0.25, 0.3) is 10.9 Å². The van der Waals surface area contributed by atoms with Gasteiger partial charge in [0.05, 0.1) is 11.2 Å². The van der Waals surface area contributed by atoms with Gasteiger partial charge < -0.3 is 0 Å². The van der Waals surface area contributed by atoms with Crippen molar-refractivity contribution in [2.45, 2.75) is 52.4 Å². The minimum Gasteiger partial charge on any atom is -0.292 e. The summed E-state index contributed by atoms with van der Waals surface area (Å²) in [4.78, 5) is 16.6. The summed E-state index contributed by atoms with van der Waals surface area (Å²) in [6.45, 7) is 9.38. The first-order valence-corrected chi connectivity index (χ1v) is 11.9. The van der Waals surface area contributed by atoms with Gasteiger partial charge in [-0.05, 0) is 24.6 Å². The van der Waals surface area contributed by atoms with Crippen molar-refractivity contribution in [2.24, 2.45) is 0 Å². The van der Waals surface area contributed by atoms with Crippen molar-refractivity contribution in [3.05, 3.63) is 39.4 Å². The van der Waals surface area contributed by atoms with Crippen LogP contribution in [-0.2, 0) is 13.0 Å². The Morgan fingerprint density at radius 2 is 2.04 bits per heavy atom. The van der Waals surface area contributed by atoms with E-state index in [1.54, 1.807) is 4.57 Å². The molecule has 1 aromatic carbocycles. The van der Waals surface area contributed by atoms with Gasteiger partial charge in [-0.3, -0.25) is 4.57 Å². The molecule has 0 aliphatic rings. The number of hydrogen-bond acceptors (Lipinski definition) is 2. The van der Waals surface area contributed by atoms with E-state index in [0.717, 1.165) is 29.4 Å². The van der Waals surface area contributed by atoms with Crippen LogP contribution in [0.5, 0.6) is 0 Å². The van der Waals surface area contributed by atoms with E-state index in [1.165, 1.54) is 0 Å². The molecule has 0 bridgehead atoms. The lowest BCUT2D eigenvalue weighted by molar-refractivity contribution is 0.655. The van der Waals surface area contributed by atoms with E-state index in [0.29, 0.717) is 18.0 Å². The van der Waals surface area contributed by atoms with Gasteiger partial charge in [0.15, 0.2) is 0 Å². The Morgan fingerprint density at radius 3 is 2.70 bits per heavy atom. The number of aryl methyl sites for hydroxylation is 2. The minimum atomic E-state index is -1.36. The average molecular weight is 347 g/mol. The molecular weight excluding hydrogens is 324 g/mol. The van der Waals surface area contributed by atoms with Gasteiger partial charge in [0.1, 0.15) is 8.07 Å². The van der Waals surface area contributed by atoms with Crippen LogP contribution in [-0.4, -0.2) is 17.6 Å². The summed E-state index contributed by atoms with van der Waals surface area (Å²) in [6.07, 6.45) is 2.28. The van der Waals surface area contributed by atoms with E-state index < -0.39 is 8.07 Å². The molecule has 0 aliphatic carbocycles. The second-order valence-corrected chi connectivity index (χ2v) is 11.9. The predicted molar refractivity (Wildman–Crippen MR) is 101 cm³/mol. The summed E-state index contributed by atoms with van der Waals surface area (Å²) < 4.78 is 1.73. The first-order chi connectivity index (χ1) is 10.8. The first kappa shape index (κ1) is 17.8. The number of benzene rings is 1. The molecule has 0 atom stereocenters. The Labute approximate surface area is 143 Å². The fraction of sp³-hybridized carbons (Fsp3) is 0.444. The van der Waals surface area contributed by atoms with Gasteiger partial charge in [-0.15, -0.1) is 11.5 Å². The van der Waals surface area contributed by atoms with Crippen molar-refractivity contribution in [3.8, 4) is 11.5 Å². The fourth-order valence-corrected chi connectivity index (χ4v) is 3.28. The maximum absolute atomic E-state index is 12.3. The zero-order valence-corrected chi connectivity index (χ0v) is 16.0. The molecule has 0 unspecified atom stereocenters. The third-order valence-corrected chi connectivity index (χ3v) is 4.58. The molecular formula is C18H23ClN2OSi. The van der Waals surface area contributed by atoms with Gasteiger partial charge >= 0.3 is 5.69 Å². The maximum Gasteiger partial charge on any atom is 0.348 e. The lowest BCUT2D eigenvalue weighted by atomic mass is 10.1. The number of aromatic nitrogens is 2. The summed E-state index contributed by atoms with van der Waals surface area (Å²) in [5.41, 5.74) is 4.87. The molecule has 23 heavy (non-hydrogen) atoms. The van der Waals surface area contributed by atoms with Crippen LogP contribution in [0, 0.1) is 11.5 Å². The maximum atomic E-state index is 12.3. The van der Waals surface area contributed by atoms with E-state index in [2.05, 4.69) is 36.1 Å². The lowest BCUT2D eigenvalue weighted by Crippen LogP contribution is -2.25. The number of halogens is 1. The van der Waals surface area contributed by atoms with Crippen LogP contribution in [0.1, 0.15) is 25.5 Å². The lowest BCUT2D eigenvalue weighted by Gasteiger charge is -2.11. The predicted octanol–water partition coefficient (Wildman–Crippen LogP) is 4.27. The van der Waals surface area contributed by atoms with Crippen molar-refractivity contribution in [3.63, 3.8) is 0 Å². The van der Waals surface area contributed by atoms with E-state index in [9.17, 15) is 4.79 Å². The van der Waals surface area contributed by atoms with Crippen LogP contribution in [0.2, 0.25) is 24.7 Å². The Hall–Kier alpha value is -1.57. The first-order valence-electron chi connectivity index (χ1n) is 8.01. The molecule has 5 heteroatoms. The van der Waals surface area contributed by atoms with E-state index >= 15 is 0 Å². The molecule has 0 spiro atoms. The molecule has 3 nitrogen and oxygen atoms in total. The Balaban J connectivity index is 2.43. The molecule has 0 aliphatic heterocycles. The Kier molecular flexibility index (Phi) is 5.67. The highest BCUT2D eigenvalue weighted by Gasteiger charge is 2.11. The fourth-order valence-electron chi connectivity index (χ4n) is 2.45. The van der Waals surface area contributed by atoms with Crippen molar-refractivity contribution in [2.75, 3.05) is 0 Å². The molecule has 0 N–H and O–H groups in total. The SMILES string of the molecule is CCCn1c(=O)nc(CCC#C[Si](C)(C)C)c2cc(Cl)ccc21. The molecule has 0 amide bonds. The smallest absolute Gasteiger partial charge is 0.292 e. The highest BCUT2D eigenvalue weighted by Crippen LogP contribution is 2.21. The van der Waals surface area contributed by atoms with Crippen LogP contribution in [0.3, 0.4) is 0 Å². The van der Waals surface area contributed by atoms with Crippen molar-refractivity contribution < 1.29 is 0 Å². The zero-order chi connectivity index (χ0) is 17.0. The van der Waals surface area contributed by atoms with Gasteiger partial charge in [-0.2, -0.15) is 4.98 Å². The molecule has 0 saturated heterocycles. The van der Waals surface area contributed by atoms with E-state index in [-0.39, 0.29) is 5.69 Å². The quantitative estimate of drug-likeness (QED) is 0.612. The van der Waals surface area contributed by atoms with E-state index in [1.807, 2.05) is 25.1 Å². The monoisotopic (exact) mass is 346 g/mol. The molecule has 0 fully saturated rings. The third-order valence-electron chi connectivity index (χ3n) is 3.42.